The van der Waals surface area contributed by atoms with E-state index in [2.05, 4.69) is 0 Å². The minimum Gasteiger partial charge on any atom is -0.496 e. The standard InChI is InChI=1S/C16H13NO2S/c1-19-13-8-7-11(10-5-3-2-4-6-10)15-14(13)12(9-20-15)16(17)18/h2-9H,1H3,(H2,17,18). The average molecular weight is 283 g/mol. The molecule has 1 amide bonds. The number of carbonyl (C=O) groups is 1. The number of carbonyl (C=O) groups excluding carboxylic acids is 1. The first-order valence-corrected chi connectivity index (χ1v) is 7.03. The maximum absolute atomic E-state index is 11.6. The van der Waals surface area contributed by atoms with E-state index in [0.717, 1.165) is 21.2 Å². The minimum atomic E-state index is -0.431. The van der Waals surface area contributed by atoms with Gasteiger partial charge in [-0.3, -0.25) is 4.79 Å². The molecule has 2 N–H and O–H groups in total. The van der Waals surface area contributed by atoms with Crippen molar-refractivity contribution in [3.63, 3.8) is 0 Å². The number of methoxy groups -OCH3 is 1. The summed E-state index contributed by atoms with van der Waals surface area (Å²) in [6, 6.07) is 14.0. The smallest absolute Gasteiger partial charge is 0.250 e. The van der Waals surface area contributed by atoms with Crippen molar-refractivity contribution in [2.45, 2.75) is 0 Å². The van der Waals surface area contributed by atoms with Gasteiger partial charge in [0, 0.05) is 15.5 Å². The van der Waals surface area contributed by atoms with E-state index in [1.807, 2.05) is 42.5 Å². The number of nitrogens with two attached hydrogens (primary N) is 1. The third-order valence-electron chi connectivity index (χ3n) is 3.25. The highest BCUT2D eigenvalue weighted by Gasteiger charge is 2.17. The zero-order valence-corrected chi connectivity index (χ0v) is 11.7. The van der Waals surface area contributed by atoms with Crippen LogP contribution in [0.15, 0.2) is 47.8 Å². The predicted octanol–water partition coefficient (Wildman–Crippen LogP) is 3.68. The number of fused-ring (bicyclic) bond motifs is 1. The molecule has 0 saturated carbocycles. The van der Waals surface area contributed by atoms with Crippen molar-refractivity contribution in [2.24, 2.45) is 5.73 Å². The maximum Gasteiger partial charge on any atom is 0.250 e. The summed E-state index contributed by atoms with van der Waals surface area (Å²) in [6.07, 6.45) is 0. The summed E-state index contributed by atoms with van der Waals surface area (Å²) in [4.78, 5) is 11.6. The molecule has 0 unspecified atom stereocenters. The second kappa shape index (κ2) is 4.98. The average Bonchev–Trinajstić information content (AvgIpc) is 2.92. The molecule has 0 aliphatic carbocycles. The lowest BCUT2D eigenvalue weighted by molar-refractivity contribution is 0.100. The number of thiophene rings is 1. The lowest BCUT2D eigenvalue weighted by atomic mass is 10.0. The van der Waals surface area contributed by atoms with Gasteiger partial charge in [-0.2, -0.15) is 0 Å². The third-order valence-corrected chi connectivity index (χ3v) is 4.27. The second-order valence-corrected chi connectivity index (χ2v) is 5.28. The van der Waals surface area contributed by atoms with Gasteiger partial charge in [-0.05, 0) is 23.3 Å². The summed E-state index contributed by atoms with van der Waals surface area (Å²) in [5.41, 5.74) is 8.15. The van der Waals surface area contributed by atoms with Gasteiger partial charge in [0.2, 0.25) is 5.91 Å². The lowest BCUT2D eigenvalue weighted by Gasteiger charge is -2.08. The number of primary amides is 1. The molecule has 1 heterocycles. The molecule has 3 rings (SSSR count). The van der Waals surface area contributed by atoms with E-state index in [1.165, 1.54) is 11.3 Å². The number of amides is 1. The highest BCUT2D eigenvalue weighted by molar-refractivity contribution is 7.18. The molecule has 20 heavy (non-hydrogen) atoms. The zero-order chi connectivity index (χ0) is 14.1. The van der Waals surface area contributed by atoms with Crippen LogP contribution < -0.4 is 10.5 Å². The first kappa shape index (κ1) is 12.7. The topological polar surface area (TPSA) is 52.3 Å². The number of rotatable bonds is 3. The van der Waals surface area contributed by atoms with Gasteiger partial charge in [-0.15, -0.1) is 11.3 Å². The van der Waals surface area contributed by atoms with Crippen molar-refractivity contribution < 1.29 is 9.53 Å². The Hall–Kier alpha value is -2.33. The molecule has 0 fully saturated rings. The van der Waals surface area contributed by atoms with Gasteiger partial charge in [0.15, 0.2) is 0 Å². The van der Waals surface area contributed by atoms with Crippen LogP contribution in [0.3, 0.4) is 0 Å². The van der Waals surface area contributed by atoms with Gasteiger partial charge in [0.1, 0.15) is 5.75 Å². The highest BCUT2D eigenvalue weighted by Crippen LogP contribution is 2.40. The van der Waals surface area contributed by atoms with E-state index < -0.39 is 5.91 Å². The van der Waals surface area contributed by atoms with Gasteiger partial charge >= 0.3 is 0 Å². The van der Waals surface area contributed by atoms with Crippen molar-refractivity contribution in [3.8, 4) is 16.9 Å². The van der Waals surface area contributed by atoms with Crippen LogP contribution in [0.25, 0.3) is 21.2 Å². The number of benzene rings is 2. The molecule has 2 aromatic carbocycles. The van der Waals surface area contributed by atoms with Crippen LogP contribution in [0.2, 0.25) is 0 Å². The molecular weight excluding hydrogens is 270 g/mol. The van der Waals surface area contributed by atoms with Crippen LogP contribution in [0.5, 0.6) is 5.75 Å². The Morgan fingerprint density at radius 3 is 2.55 bits per heavy atom. The molecule has 4 heteroatoms. The van der Waals surface area contributed by atoms with E-state index in [1.54, 1.807) is 12.5 Å². The SMILES string of the molecule is COc1ccc(-c2ccccc2)c2scc(C(N)=O)c12. The first-order valence-electron chi connectivity index (χ1n) is 6.16. The molecule has 0 radical (unpaired) electrons. The minimum absolute atomic E-state index is 0.431. The summed E-state index contributed by atoms with van der Waals surface area (Å²) >= 11 is 1.51. The van der Waals surface area contributed by atoms with Gasteiger partial charge in [0.25, 0.3) is 0 Å². The molecular formula is C16H13NO2S. The van der Waals surface area contributed by atoms with E-state index in [-0.39, 0.29) is 0 Å². The van der Waals surface area contributed by atoms with Crippen molar-refractivity contribution in [1.82, 2.24) is 0 Å². The molecule has 0 aliphatic rings. The summed E-state index contributed by atoms with van der Waals surface area (Å²) in [7, 11) is 1.60. The Morgan fingerprint density at radius 2 is 1.90 bits per heavy atom. The van der Waals surface area contributed by atoms with E-state index in [0.29, 0.717) is 11.3 Å². The first-order chi connectivity index (χ1) is 9.72. The fourth-order valence-corrected chi connectivity index (χ4v) is 3.43. The quantitative estimate of drug-likeness (QED) is 0.797. The van der Waals surface area contributed by atoms with E-state index in [4.69, 9.17) is 10.5 Å². The van der Waals surface area contributed by atoms with E-state index >= 15 is 0 Å². The molecule has 1 aromatic heterocycles. The monoisotopic (exact) mass is 283 g/mol. The fourth-order valence-electron chi connectivity index (χ4n) is 2.32. The molecule has 3 aromatic rings. The summed E-state index contributed by atoms with van der Waals surface area (Å²) in [6.45, 7) is 0. The van der Waals surface area contributed by atoms with Gasteiger partial charge < -0.3 is 10.5 Å². The van der Waals surface area contributed by atoms with Gasteiger partial charge in [0.05, 0.1) is 12.7 Å². The number of hydrogen-bond donors (Lipinski definition) is 1. The summed E-state index contributed by atoms with van der Waals surface area (Å²) in [5, 5.41) is 2.59. The molecule has 0 aliphatic heterocycles. The Bertz CT molecular complexity index is 778. The largest absolute Gasteiger partial charge is 0.496 e. The van der Waals surface area contributed by atoms with Crippen LogP contribution in [-0.2, 0) is 0 Å². The molecule has 100 valence electrons. The molecule has 0 bridgehead atoms. The molecule has 0 spiro atoms. The summed E-state index contributed by atoms with van der Waals surface area (Å²) in [5.74, 6) is 0.245. The Kier molecular flexibility index (Phi) is 3.16. The van der Waals surface area contributed by atoms with Crippen molar-refractivity contribution >= 4 is 27.3 Å². The molecule has 0 atom stereocenters. The normalized spacial score (nSPS) is 10.7. The zero-order valence-electron chi connectivity index (χ0n) is 10.9. The maximum atomic E-state index is 11.6. The fraction of sp³-hybridized carbons (Fsp3) is 0.0625. The van der Waals surface area contributed by atoms with E-state index in [9.17, 15) is 4.79 Å². The number of ether oxygens (including phenoxy) is 1. The van der Waals surface area contributed by atoms with Gasteiger partial charge in [-0.25, -0.2) is 0 Å². The summed E-state index contributed by atoms with van der Waals surface area (Å²) < 4.78 is 6.38. The van der Waals surface area contributed by atoms with Crippen LogP contribution in [-0.4, -0.2) is 13.0 Å². The molecule has 3 nitrogen and oxygen atoms in total. The second-order valence-electron chi connectivity index (χ2n) is 4.40. The van der Waals surface area contributed by atoms with Crippen molar-refractivity contribution in [3.05, 3.63) is 53.4 Å². The van der Waals surface area contributed by atoms with Crippen molar-refractivity contribution in [1.29, 1.82) is 0 Å². The van der Waals surface area contributed by atoms with Crippen LogP contribution in [0, 0.1) is 0 Å². The Morgan fingerprint density at radius 1 is 1.15 bits per heavy atom. The van der Waals surface area contributed by atoms with Crippen LogP contribution in [0.1, 0.15) is 10.4 Å². The van der Waals surface area contributed by atoms with Crippen LogP contribution in [0.4, 0.5) is 0 Å². The Balaban J connectivity index is 2.34. The lowest BCUT2D eigenvalue weighted by Crippen LogP contribution is -2.10. The van der Waals surface area contributed by atoms with Crippen LogP contribution >= 0.6 is 11.3 Å². The third kappa shape index (κ3) is 1.94. The van der Waals surface area contributed by atoms with Crippen molar-refractivity contribution in [2.75, 3.05) is 7.11 Å². The Labute approximate surface area is 120 Å². The molecule has 0 saturated heterocycles. The number of hydrogen-bond acceptors (Lipinski definition) is 3. The van der Waals surface area contributed by atoms with Gasteiger partial charge in [-0.1, -0.05) is 30.3 Å². The predicted molar refractivity (Wildman–Crippen MR) is 82.3 cm³/mol. The highest BCUT2D eigenvalue weighted by atomic mass is 32.1.